The zero-order valence-electron chi connectivity index (χ0n) is 24.6. The van der Waals surface area contributed by atoms with Gasteiger partial charge in [0.2, 0.25) is 15.9 Å². The number of hydrogen-bond donors (Lipinski definition) is 1. The minimum absolute atomic E-state index is 0.114. The fourth-order valence-electron chi connectivity index (χ4n) is 6.31. The number of hydrogen-bond acceptors (Lipinski definition) is 6. The van der Waals surface area contributed by atoms with Crippen molar-refractivity contribution in [2.45, 2.75) is 31.7 Å². The van der Waals surface area contributed by atoms with Crippen molar-refractivity contribution in [3.8, 4) is 22.5 Å². The van der Waals surface area contributed by atoms with E-state index in [0.717, 1.165) is 23.8 Å². The molecule has 1 fully saturated rings. The van der Waals surface area contributed by atoms with E-state index in [4.69, 9.17) is 10.1 Å². The Bertz CT molecular complexity index is 2100. The average Bonchev–Trinajstić information content (AvgIpc) is 3.72. The summed E-state index contributed by atoms with van der Waals surface area (Å²) in [6.07, 6.45) is 2.13. The van der Waals surface area contributed by atoms with Crippen molar-refractivity contribution in [1.82, 2.24) is 24.2 Å². The lowest BCUT2D eigenvalue weighted by atomic mass is 9.93. The molecule has 7 rings (SSSR count). The van der Waals surface area contributed by atoms with E-state index in [9.17, 15) is 18.0 Å². The van der Waals surface area contributed by atoms with Crippen LogP contribution in [0.5, 0.6) is 0 Å². The Morgan fingerprint density at radius 2 is 1.73 bits per heavy atom. The number of aromatic nitrogens is 3. The van der Waals surface area contributed by atoms with Gasteiger partial charge in [-0.2, -0.15) is 5.10 Å². The molecule has 0 bridgehead atoms. The summed E-state index contributed by atoms with van der Waals surface area (Å²) < 4.78 is 42.0. The molecule has 2 aromatic heterocycles. The highest BCUT2D eigenvalue weighted by molar-refractivity contribution is 7.89. The Labute approximate surface area is 259 Å². The summed E-state index contributed by atoms with van der Waals surface area (Å²) in [4.78, 5) is 32.7. The molecular formula is C34H30FN5O4S. The summed E-state index contributed by atoms with van der Waals surface area (Å²) in [5.74, 6) is -2.08. The van der Waals surface area contributed by atoms with E-state index in [1.807, 2.05) is 59.0 Å². The zero-order valence-corrected chi connectivity index (χ0v) is 25.5. The molecule has 11 heteroatoms. The molecule has 0 spiro atoms. The minimum Gasteiger partial charge on any atom is -0.330 e. The van der Waals surface area contributed by atoms with Gasteiger partial charge in [-0.05, 0) is 60.6 Å². The molecule has 3 aromatic carbocycles. The van der Waals surface area contributed by atoms with E-state index >= 15 is 4.39 Å². The van der Waals surface area contributed by atoms with Crippen molar-refractivity contribution in [3.63, 3.8) is 0 Å². The van der Waals surface area contributed by atoms with Crippen LogP contribution in [-0.4, -0.2) is 52.5 Å². The molecule has 1 N–H and O–H groups in total. The zero-order chi connectivity index (χ0) is 31.5. The number of carbonyl (C=O) groups is 2. The largest absolute Gasteiger partial charge is 0.330 e. The SMILES string of the molecule is C[C@@H]1c2ccccc2CCN1C(=O)c1cc(-c2ccccc2)n2nc(-c3ccc(C4C[C@@H]4C(=O)NS(C)(=O)=O)cc3F)cc2n1. The number of amides is 2. The van der Waals surface area contributed by atoms with Gasteiger partial charge >= 0.3 is 0 Å². The van der Waals surface area contributed by atoms with Crippen molar-refractivity contribution in [1.29, 1.82) is 0 Å². The van der Waals surface area contributed by atoms with Gasteiger partial charge in [0, 0.05) is 29.7 Å². The van der Waals surface area contributed by atoms with Crippen LogP contribution in [0.2, 0.25) is 0 Å². The lowest BCUT2D eigenvalue weighted by Gasteiger charge is -2.35. The third kappa shape index (κ3) is 5.48. The number of rotatable bonds is 6. The van der Waals surface area contributed by atoms with Crippen LogP contribution in [0.1, 0.15) is 52.5 Å². The van der Waals surface area contributed by atoms with Gasteiger partial charge in [0.05, 0.1) is 23.7 Å². The van der Waals surface area contributed by atoms with Crippen molar-refractivity contribution in [3.05, 3.63) is 113 Å². The Balaban J connectivity index is 1.23. The minimum atomic E-state index is -3.67. The van der Waals surface area contributed by atoms with E-state index in [1.165, 1.54) is 11.6 Å². The van der Waals surface area contributed by atoms with Crippen LogP contribution in [0.3, 0.4) is 0 Å². The van der Waals surface area contributed by atoms with E-state index in [-0.39, 0.29) is 29.1 Å². The summed E-state index contributed by atoms with van der Waals surface area (Å²) in [7, 11) is -3.67. The molecular weight excluding hydrogens is 593 g/mol. The lowest BCUT2D eigenvalue weighted by Crippen LogP contribution is -2.39. The summed E-state index contributed by atoms with van der Waals surface area (Å²) >= 11 is 0. The second-order valence-electron chi connectivity index (χ2n) is 11.7. The van der Waals surface area contributed by atoms with Gasteiger partial charge in [0.25, 0.3) is 5.91 Å². The van der Waals surface area contributed by atoms with Crippen LogP contribution < -0.4 is 4.72 Å². The highest BCUT2D eigenvalue weighted by Crippen LogP contribution is 2.48. The predicted octanol–water partition coefficient (Wildman–Crippen LogP) is 5.14. The molecule has 45 heavy (non-hydrogen) atoms. The highest BCUT2D eigenvalue weighted by atomic mass is 32.2. The van der Waals surface area contributed by atoms with Gasteiger partial charge < -0.3 is 4.90 Å². The fraction of sp³-hybridized carbons (Fsp3) is 0.235. The summed E-state index contributed by atoms with van der Waals surface area (Å²) in [6.45, 7) is 2.60. The standard InChI is InChI=1S/C34H30FN5O4S/c1-20-24-11-7-6-8-21(24)14-15-39(20)34(42)30-18-31(22-9-4-3-5-10-22)40-32(36-30)19-29(37-40)25-13-12-23(16-28(25)35)26-17-27(26)33(41)38-45(2,43)44/h3-13,16,18-20,26-27H,14-15,17H2,1-2H3,(H,38,41)/t20-,26?,27+/m1/s1. The number of halogens is 1. The van der Waals surface area contributed by atoms with E-state index < -0.39 is 27.7 Å². The molecule has 1 aliphatic heterocycles. The van der Waals surface area contributed by atoms with Crippen LogP contribution >= 0.6 is 0 Å². The molecule has 2 aliphatic rings. The number of sulfonamides is 1. The normalized spacial score (nSPS) is 19.3. The van der Waals surface area contributed by atoms with Gasteiger partial charge in [-0.15, -0.1) is 0 Å². The molecule has 3 atom stereocenters. The number of benzene rings is 3. The first-order valence-electron chi connectivity index (χ1n) is 14.7. The predicted molar refractivity (Wildman–Crippen MR) is 167 cm³/mol. The monoisotopic (exact) mass is 623 g/mol. The van der Waals surface area contributed by atoms with E-state index in [2.05, 4.69) is 12.1 Å². The van der Waals surface area contributed by atoms with Crippen LogP contribution in [0.15, 0.2) is 84.9 Å². The van der Waals surface area contributed by atoms with Gasteiger partial charge in [-0.25, -0.2) is 22.3 Å². The first kappa shape index (κ1) is 28.8. The first-order valence-corrected chi connectivity index (χ1v) is 16.6. The second-order valence-corrected chi connectivity index (χ2v) is 13.5. The van der Waals surface area contributed by atoms with Crippen molar-refractivity contribution >= 4 is 27.5 Å². The number of carbonyl (C=O) groups excluding carboxylic acids is 2. The van der Waals surface area contributed by atoms with Crippen molar-refractivity contribution in [2.75, 3.05) is 12.8 Å². The van der Waals surface area contributed by atoms with Crippen LogP contribution in [0.4, 0.5) is 4.39 Å². The Morgan fingerprint density at radius 1 is 0.978 bits per heavy atom. The number of nitrogens with zero attached hydrogens (tertiary/aromatic N) is 4. The highest BCUT2D eigenvalue weighted by Gasteiger charge is 2.45. The lowest BCUT2D eigenvalue weighted by molar-refractivity contribution is -0.120. The fourth-order valence-corrected chi connectivity index (χ4v) is 6.82. The maximum atomic E-state index is 15.6. The summed E-state index contributed by atoms with van der Waals surface area (Å²) in [5.41, 5.74) is 5.73. The van der Waals surface area contributed by atoms with Crippen LogP contribution in [0.25, 0.3) is 28.2 Å². The van der Waals surface area contributed by atoms with Gasteiger partial charge in [0.15, 0.2) is 5.65 Å². The molecule has 5 aromatic rings. The average molecular weight is 624 g/mol. The quantitative estimate of drug-likeness (QED) is 0.280. The molecule has 1 aliphatic carbocycles. The Hall–Kier alpha value is -4.90. The second kappa shape index (κ2) is 10.9. The molecule has 3 heterocycles. The van der Waals surface area contributed by atoms with Crippen LogP contribution in [0, 0.1) is 11.7 Å². The molecule has 9 nitrogen and oxygen atoms in total. The smallest absolute Gasteiger partial charge is 0.273 e. The first-order chi connectivity index (χ1) is 21.6. The Kier molecular flexibility index (Phi) is 7.00. The van der Waals surface area contributed by atoms with E-state index in [0.29, 0.717) is 35.6 Å². The molecule has 2 amide bonds. The van der Waals surface area contributed by atoms with Gasteiger partial charge in [0.1, 0.15) is 11.5 Å². The third-order valence-electron chi connectivity index (χ3n) is 8.68. The Morgan fingerprint density at radius 3 is 2.49 bits per heavy atom. The van der Waals surface area contributed by atoms with Gasteiger partial charge in [-0.1, -0.05) is 60.7 Å². The third-order valence-corrected chi connectivity index (χ3v) is 9.25. The molecule has 228 valence electrons. The molecule has 1 saturated carbocycles. The number of fused-ring (bicyclic) bond motifs is 2. The number of nitrogens with one attached hydrogen (secondary N) is 1. The van der Waals surface area contributed by atoms with Crippen LogP contribution in [-0.2, 0) is 21.2 Å². The maximum absolute atomic E-state index is 15.6. The maximum Gasteiger partial charge on any atom is 0.273 e. The topological polar surface area (TPSA) is 114 Å². The van der Waals surface area contributed by atoms with Gasteiger partial charge in [-0.3, -0.25) is 14.3 Å². The summed E-state index contributed by atoms with van der Waals surface area (Å²) in [5, 5.41) is 4.71. The molecule has 0 radical (unpaired) electrons. The summed E-state index contributed by atoms with van der Waals surface area (Å²) in [6, 6.07) is 25.7. The van der Waals surface area contributed by atoms with Crippen molar-refractivity contribution in [2.24, 2.45) is 5.92 Å². The molecule has 0 saturated heterocycles. The molecule has 1 unspecified atom stereocenters. The van der Waals surface area contributed by atoms with Crippen molar-refractivity contribution < 1.29 is 22.4 Å². The van der Waals surface area contributed by atoms with E-state index in [1.54, 1.807) is 28.8 Å².